The number of nitrogens with two attached hydrogens (primary N) is 1. The van der Waals surface area contributed by atoms with Crippen molar-refractivity contribution in [3.8, 4) is 5.75 Å². The topological polar surface area (TPSA) is 68.5 Å². The normalized spacial score (nSPS) is 9.94. The summed E-state index contributed by atoms with van der Waals surface area (Å²) in [5.41, 5.74) is 10.3. The lowest BCUT2D eigenvalue weighted by molar-refractivity contribution is 0.0987. The molecule has 8 heteroatoms. The highest BCUT2D eigenvalue weighted by Crippen LogP contribution is 2.24. The average Bonchev–Trinajstić information content (AvgIpc) is 2.70. The van der Waals surface area contributed by atoms with Crippen molar-refractivity contribution >= 4 is 48.0 Å². The van der Waals surface area contributed by atoms with E-state index in [0.717, 1.165) is 17.0 Å². The molecule has 0 spiro atoms. The van der Waals surface area contributed by atoms with Crippen LogP contribution in [0.25, 0.3) is 0 Å². The lowest BCUT2D eigenvalue weighted by Crippen LogP contribution is -2.35. The molecule has 0 saturated heterocycles. The first-order valence-electron chi connectivity index (χ1n) is 9.40. The monoisotopic (exact) mass is 481 g/mol. The van der Waals surface area contributed by atoms with E-state index < -0.39 is 0 Å². The van der Waals surface area contributed by atoms with Gasteiger partial charge in [-0.1, -0.05) is 40.9 Å². The van der Waals surface area contributed by atoms with E-state index in [2.05, 4.69) is 37.0 Å². The van der Waals surface area contributed by atoms with Gasteiger partial charge in [0, 0.05) is 25.0 Å². The number of anilines is 1. The van der Waals surface area contributed by atoms with Crippen molar-refractivity contribution in [3.05, 3.63) is 88.2 Å². The molecule has 0 aliphatic carbocycles. The SMILES string of the molecule is Cc1cc(C)cc(COc2ccc(N(CCN)C(=O)c3cccnc3Cl)cc2)c1.Cl.Cl. The van der Waals surface area contributed by atoms with Gasteiger partial charge in [0.15, 0.2) is 0 Å². The molecule has 2 aromatic carbocycles. The zero-order valence-electron chi connectivity index (χ0n) is 17.4. The summed E-state index contributed by atoms with van der Waals surface area (Å²) < 4.78 is 5.90. The van der Waals surface area contributed by atoms with Gasteiger partial charge in [-0.25, -0.2) is 4.98 Å². The van der Waals surface area contributed by atoms with Crippen LogP contribution in [0.1, 0.15) is 27.0 Å². The van der Waals surface area contributed by atoms with Gasteiger partial charge in [0.05, 0.1) is 5.56 Å². The lowest BCUT2D eigenvalue weighted by atomic mass is 10.1. The second-order valence-electron chi connectivity index (χ2n) is 6.87. The molecule has 166 valence electrons. The van der Waals surface area contributed by atoms with Crippen LogP contribution in [0.4, 0.5) is 5.69 Å². The molecular formula is C23H26Cl3N3O2. The first-order valence-corrected chi connectivity index (χ1v) is 9.78. The van der Waals surface area contributed by atoms with Gasteiger partial charge in [0.1, 0.15) is 17.5 Å². The first kappa shape index (κ1) is 26.7. The van der Waals surface area contributed by atoms with E-state index in [0.29, 0.717) is 25.3 Å². The predicted octanol–water partition coefficient (Wildman–Crippen LogP) is 5.38. The van der Waals surface area contributed by atoms with Gasteiger partial charge in [0.2, 0.25) is 0 Å². The Morgan fingerprint density at radius 1 is 1.06 bits per heavy atom. The third kappa shape index (κ3) is 7.11. The Morgan fingerprint density at radius 2 is 1.71 bits per heavy atom. The van der Waals surface area contributed by atoms with Gasteiger partial charge < -0.3 is 15.4 Å². The zero-order valence-corrected chi connectivity index (χ0v) is 19.8. The fourth-order valence-electron chi connectivity index (χ4n) is 3.21. The highest BCUT2D eigenvalue weighted by molar-refractivity contribution is 6.33. The van der Waals surface area contributed by atoms with Crippen LogP contribution >= 0.6 is 36.4 Å². The molecule has 31 heavy (non-hydrogen) atoms. The quantitative estimate of drug-likeness (QED) is 0.459. The van der Waals surface area contributed by atoms with E-state index in [1.54, 1.807) is 23.2 Å². The zero-order chi connectivity index (χ0) is 20.8. The number of halogens is 3. The van der Waals surface area contributed by atoms with Crippen molar-refractivity contribution in [2.75, 3.05) is 18.0 Å². The Kier molecular flexibility index (Phi) is 10.8. The van der Waals surface area contributed by atoms with Crippen molar-refractivity contribution in [1.82, 2.24) is 4.98 Å². The molecule has 2 N–H and O–H groups in total. The number of aryl methyl sites for hydroxylation is 2. The number of carbonyl (C=O) groups excluding carboxylic acids is 1. The third-order valence-corrected chi connectivity index (χ3v) is 4.72. The van der Waals surface area contributed by atoms with E-state index in [9.17, 15) is 4.79 Å². The second kappa shape index (κ2) is 12.5. The molecule has 1 heterocycles. The van der Waals surface area contributed by atoms with Crippen molar-refractivity contribution in [2.24, 2.45) is 5.73 Å². The number of hydrogen-bond acceptors (Lipinski definition) is 4. The summed E-state index contributed by atoms with van der Waals surface area (Å²) in [6.07, 6.45) is 1.55. The van der Waals surface area contributed by atoms with Crippen molar-refractivity contribution in [1.29, 1.82) is 0 Å². The van der Waals surface area contributed by atoms with Gasteiger partial charge in [-0.15, -0.1) is 24.8 Å². The molecule has 1 aromatic heterocycles. The van der Waals surface area contributed by atoms with E-state index in [4.69, 9.17) is 22.1 Å². The van der Waals surface area contributed by atoms with Crippen LogP contribution in [0.3, 0.4) is 0 Å². The van der Waals surface area contributed by atoms with Crippen molar-refractivity contribution < 1.29 is 9.53 Å². The predicted molar refractivity (Wildman–Crippen MR) is 131 cm³/mol. The standard InChI is InChI=1S/C23H24ClN3O2.2ClH/c1-16-12-17(2)14-18(13-16)15-29-20-7-5-19(6-8-20)27(11-9-25)23(28)21-4-3-10-26-22(21)24;;/h3-8,10,12-14H,9,11,15,25H2,1-2H3;2*1H. The van der Waals surface area contributed by atoms with Crippen molar-refractivity contribution in [3.63, 3.8) is 0 Å². The van der Waals surface area contributed by atoms with E-state index in [1.165, 1.54) is 11.1 Å². The van der Waals surface area contributed by atoms with Gasteiger partial charge in [-0.3, -0.25) is 4.79 Å². The fraction of sp³-hybridized carbons (Fsp3) is 0.217. The lowest BCUT2D eigenvalue weighted by Gasteiger charge is -2.23. The van der Waals surface area contributed by atoms with Crippen LogP contribution in [0.5, 0.6) is 5.75 Å². The minimum absolute atomic E-state index is 0. The molecule has 0 aliphatic rings. The Balaban J connectivity index is 0.00000240. The van der Waals surface area contributed by atoms with Gasteiger partial charge in [-0.2, -0.15) is 0 Å². The fourth-order valence-corrected chi connectivity index (χ4v) is 3.41. The number of rotatable bonds is 7. The smallest absolute Gasteiger partial charge is 0.261 e. The number of hydrogen-bond donors (Lipinski definition) is 1. The van der Waals surface area contributed by atoms with Crippen LogP contribution in [0.2, 0.25) is 5.15 Å². The summed E-state index contributed by atoms with van der Waals surface area (Å²) in [5, 5.41) is 0.174. The molecule has 3 aromatic rings. The Bertz CT molecular complexity index is 977. The molecule has 1 amide bonds. The van der Waals surface area contributed by atoms with E-state index >= 15 is 0 Å². The number of nitrogens with zero attached hydrogens (tertiary/aromatic N) is 2. The van der Waals surface area contributed by atoms with Gasteiger partial charge in [-0.05, 0) is 55.8 Å². The molecule has 0 atom stereocenters. The number of ether oxygens (including phenoxy) is 1. The summed E-state index contributed by atoms with van der Waals surface area (Å²) in [6.45, 7) is 5.33. The molecular weight excluding hydrogens is 457 g/mol. The molecule has 5 nitrogen and oxygen atoms in total. The molecule has 3 rings (SSSR count). The Morgan fingerprint density at radius 3 is 2.29 bits per heavy atom. The number of pyridine rings is 1. The maximum atomic E-state index is 12.9. The van der Waals surface area contributed by atoms with Crippen LogP contribution < -0.4 is 15.4 Å². The van der Waals surface area contributed by atoms with Crippen LogP contribution in [0.15, 0.2) is 60.8 Å². The third-order valence-electron chi connectivity index (χ3n) is 4.42. The molecule has 0 fully saturated rings. The maximum absolute atomic E-state index is 12.9. The Hall–Kier alpha value is -2.31. The molecule has 0 bridgehead atoms. The summed E-state index contributed by atoms with van der Waals surface area (Å²) in [5.74, 6) is 0.491. The van der Waals surface area contributed by atoms with Crippen LogP contribution in [-0.2, 0) is 6.61 Å². The van der Waals surface area contributed by atoms with Crippen molar-refractivity contribution in [2.45, 2.75) is 20.5 Å². The second-order valence-corrected chi connectivity index (χ2v) is 7.22. The summed E-state index contributed by atoms with van der Waals surface area (Å²) in [6, 6.07) is 17.1. The summed E-state index contributed by atoms with van der Waals surface area (Å²) in [7, 11) is 0. The number of aromatic nitrogens is 1. The number of benzene rings is 2. The first-order chi connectivity index (χ1) is 14.0. The molecule has 0 radical (unpaired) electrons. The largest absolute Gasteiger partial charge is 0.489 e. The average molecular weight is 483 g/mol. The van der Waals surface area contributed by atoms with E-state index in [1.807, 2.05) is 24.3 Å². The highest BCUT2D eigenvalue weighted by atomic mass is 35.5. The Labute approximate surface area is 200 Å². The minimum atomic E-state index is -0.238. The van der Waals surface area contributed by atoms with Crippen LogP contribution in [-0.4, -0.2) is 24.0 Å². The van der Waals surface area contributed by atoms with Gasteiger partial charge >= 0.3 is 0 Å². The van der Waals surface area contributed by atoms with Crippen LogP contribution in [0, 0.1) is 13.8 Å². The molecule has 0 unspecified atom stereocenters. The number of amides is 1. The minimum Gasteiger partial charge on any atom is -0.489 e. The molecule has 0 saturated carbocycles. The highest BCUT2D eigenvalue weighted by Gasteiger charge is 2.20. The maximum Gasteiger partial charge on any atom is 0.261 e. The van der Waals surface area contributed by atoms with E-state index in [-0.39, 0.29) is 35.9 Å². The summed E-state index contributed by atoms with van der Waals surface area (Å²) in [4.78, 5) is 18.5. The number of carbonyl (C=O) groups is 1. The molecule has 0 aliphatic heterocycles. The van der Waals surface area contributed by atoms with Gasteiger partial charge in [0.25, 0.3) is 5.91 Å². The summed E-state index contributed by atoms with van der Waals surface area (Å²) >= 11 is 6.09.